The molecule has 0 atom stereocenters. The van der Waals surface area contributed by atoms with Crippen LogP contribution in [0.4, 0.5) is 5.69 Å². The van der Waals surface area contributed by atoms with Crippen LogP contribution in [-0.4, -0.2) is 26.1 Å². The molecule has 2 aromatic carbocycles. The SMILES string of the molecule is CCOc1ccc(NS(=O)(=O)c2cc(C(=O)O)ccc2C)cc1. The summed E-state index contributed by atoms with van der Waals surface area (Å²) in [4.78, 5) is 11.0. The number of benzene rings is 2. The van der Waals surface area contributed by atoms with E-state index in [2.05, 4.69) is 4.72 Å². The number of hydrogen-bond acceptors (Lipinski definition) is 4. The number of aryl methyl sites for hydroxylation is 1. The van der Waals surface area contributed by atoms with Gasteiger partial charge in [0.1, 0.15) is 5.75 Å². The second-order valence-corrected chi connectivity index (χ2v) is 6.50. The number of ether oxygens (including phenoxy) is 1. The molecule has 0 unspecified atom stereocenters. The van der Waals surface area contributed by atoms with Crippen LogP contribution in [0.2, 0.25) is 0 Å². The van der Waals surface area contributed by atoms with Crippen molar-refractivity contribution in [3.63, 3.8) is 0 Å². The normalized spacial score (nSPS) is 11.0. The fourth-order valence-electron chi connectivity index (χ4n) is 2.02. The molecule has 2 N–H and O–H groups in total. The number of aromatic carboxylic acids is 1. The van der Waals surface area contributed by atoms with Crippen LogP contribution in [0.15, 0.2) is 47.4 Å². The summed E-state index contributed by atoms with van der Waals surface area (Å²) in [7, 11) is -3.88. The maximum Gasteiger partial charge on any atom is 0.335 e. The summed E-state index contributed by atoms with van der Waals surface area (Å²) >= 11 is 0. The molecule has 2 rings (SSSR count). The van der Waals surface area contributed by atoms with E-state index in [0.717, 1.165) is 6.07 Å². The van der Waals surface area contributed by atoms with Crippen molar-refractivity contribution in [1.82, 2.24) is 0 Å². The summed E-state index contributed by atoms with van der Waals surface area (Å²) in [5.41, 5.74) is 0.754. The Bertz CT molecular complexity index is 813. The number of carbonyl (C=O) groups is 1. The Morgan fingerprint density at radius 3 is 2.39 bits per heavy atom. The summed E-state index contributed by atoms with van der Waals surface area (Å²) in [6.07, 6.45) is 0. The van der Waals surface area contributed by atoms with Gasteiger partial charge in [-0.1, -0.05) is 6.07 Å². The van der Waals surface area contributed by atoms with Crippen molar-refractivity contribution < 1.29 is 23.1 Å². The van der Waals surface area contributed by atoms with Crippen molar-refractivity contribution in [2.75, 3.05) is 11.3 Å². The fraction of sp³-hybridized carbons (Fsp3) is 0.188. The highest BCUT2D eigenvalue weighted by atomic mass is 32.2. The number of rotatable bonds is 6. The highest BCUT2D eigenvalue weighted by Gasteiger charge is 2.19. The molecule has 0 spiro atoms. The van der Waals surface area contributed by atoms with Gasteiger partial charge < -0.3 is 9.84 Å². The van der Waals surface area contributed by atoms with Gasteiger partial charge in [0.15, 0.2) is 0 Å². The third-order valence-corrected chi connectivity index (χ3v) is 4.67. The predicted octanol–water partition coefficient (Wildman–Crippen LogP) is 2.89. The minimum atomic E-state index is -3.88. The molecule has 0 aliphatic carbocycles. The summed E-state index contributed by atoms with van der Waals surface area (Å²) in [6.45, 7) is 3.99. The Morgan fingerprint density at radius 2 is 1.83 bits per heavy atom. The molecule has 0 saturated carbocycles. The van der Waals surface area contributed by atoms with Crippen molar-refractivity contribution in [2.24, 2.45) is 0 Å². The fourth-order valence-corrected chi connectivity index (χ4v) is 3.35. The second-order valence-electron chi connectivity index (χ2n) is 4.85. The molecular weight excluding hydrogens is 318 g/mol. The average molecular weight is 335 g/mol. The van der Waals surface area contributed by atoms with Crippen LogP contribution in [0.3, 0.4) is 0 Å². The first-order valence-electron chi connectivity index (χ1n) is 6.93. The zero-order valence-corrected chi connectivity index (χ0v) is 13.6. The monoisotopic (exact) mass is 335 g/mol. The highest BCUT2D eigenvalue weighted by Crippen LogP contribution is 2.22. The first kappa shape index (κ1) is 16.8. The molecule has 23 heavy (non-hydrogen) atoms. The lowest BCUT2D eigenvalue weighted by atomic mass is 10.1. The second kappa shape index (κ2) is 6.70. The Kier molecular flexibility index (Phi) is 4.90. The summed E-state index contributed by atoms with van der Waals surface area (Å²) in [5, 5.41) is 9.01. The van der Waals surface area contributed by atoms with Crippen molar-refractivity contribution >= 4 is 21.7 Å². The maximum atomic E-state index is 12.5. The van der Waals surface area contributed by atoms with Gasteiger partial charge in [0.05, 0.1) is 17.1 Å². The molecule has 0 aromatic heterocycles. The summed E-state index contributed by atoms with van der Waals surface area (Å²) in [6, 6.07) is 10.5. The maximum absolute atomic E-state index is 12.5. The van der Waals surface area contributed by atoms with E-state index < -0.39 is 16.0 Å². The molecule has 0 bridgehead atoms. The van der Waals surface area contributed by atoms with E-state index in [4.69, 9.17) is 9.84 Å². The minimum absolute atomic E-state index is 0.0636. The van der Waals surface area contributed by atoms with Gasteiger partial charge >= 0.3 is 5.97 Å². The van der Waals surface area contributed by atoms with Crippen molar-refractivity contribution in [3.8, 4) is 5.75 Å². The number of sulfonamides is 1. The third kappa shape index (κ3) is 4.01. The largest absolute Gasteiger partial charge is 0.494 e. The third-order valence-electron chi connectivity index (χ3n) is 3.14. The van der Waals surface area contributed by atoms with E-state index in [9.17, 15) is 13.2 Å². The van der Waals surface area contributed by atoms with Gasteiger partial charge in [-0.05, 0) is 55.8 Å². The molecule has 2 aromatic rings. The zero-order chi connectivity index (χ0) is 17.0. The molecule has 0 heterocycles. The first-order valence-corrected chi connectivity index (χ1v) is 8.41. The average Bonchev–Trinajstić information content (AvgIpc) is 2.49. The molecular formula is C16H17NO5S. The van der Waals surface area contributed by atoms with Crippen molar-refractivity contribution in [3.05, 3.63) is 53.6 Å². The smallest absolute Gasteiger partial charge is 0.335 e. The van der Waals surface area contributed by atoms with E-state index in [1.807, 2.05) is 6.92 Å². The Labute approximate surface area is 134 Å². The van der Waals surface area contributed by atoms with Crippen LogP contribution in [-0.2, 0) is 10.0 Å². The van der Waals surface area contributed by atoms with Gasteiger partial charge in [-0.3, -0.25) is 4.72 Å². The van der Waals surface area contributed by atoms with Crippen LogP contribution in [0, 0.1) is 6.92 Å². The van der Waals surface area contributed by atoms with Crippen LogP contribution in [0.1, 0.15) is 22.8 Å². The standard InChI is InChI=1S/C16H17NO5S/c1-3-22-14-8-6-13(7-9-14)17-23(20,21)15-10-12(16(18)19)5-4-11(15)2/h4-10,17H,3H2,1-2H3,(H,18,19). The number of carboxylic acid groups (broad SMARTS) is 1. The molecule has 6 nitrogen and oxygen atoms in total. The van der Waals surface area contributed by atoms with E-state index in [-0.39, 0.29) is 10.5 Å². The molecule has 7 heteroatoms. The predicted molar refractivity (Wildman–Crippen MR) is 86.6 cm³/mol. The zero-order valence-electron chi connectivity index (χ0n) is 12.7. The van der Waals surface area contributed by atoms with Crippen LogP contribution < -0.4 is 9.46 Å². The Balaban J connectivity index is 2.31. The van der Waals surface area contributed by atoms with Gasteiger partial charge in [0.2, 0.25) is 0 Å². The van der Waals surface area contributed by atoms with E-state index in [1.54, 1.807) is 31.2 Å². The van der Waals surface area contributed by atoms with Gasteiger partial charge in [-0.15, -0.1) is 0 Å². The van der Waals surface area contributed by atoms with Crippen LogP contribution in [0.25, 0.3) is 0 Å². The molecule has 122 valence electrons. The quantitative estimate of drug-likeness (QED) is 0.847. The lowest BCUT2D eigenvalue weighted by Gasteiger charge is -2.11. The first-order chi connectivity index (χ1) is 10.8. The van der Waals surface area contributed by atoms with E-state index >= 15 is 0 Å². The number of hydrogen-bond donors (Lipinski definition) is 2. The van der Waals surface area contributed by atoms with Gasteiger partial charge in [-0.25, -0.2) is 13.2 Å². The number of carboxylic acids is 1. The Morgan fingerprint density at radius 1 is 1.17 bits per heavy atom. The van der Waals surface area contributed by atoms with Gasteiger partial charge in [-0.2, -0.15) is 0 Å². The van der Waals surface area contributed by atoms with Crippen LogP contribution in [0.5, 0.6) is 5.75 Å². The number of anilines is 1. The van der Waals surface area contributed by atoms with Crippen molar-refractivity contribution in [2.45, 2.75) is 18.7 Å². The van der Waals surface area contributed by atoms with Crippen molar-refractivity contribution in [1.29, 1.82) is 0 Å². The summed E-state index contributed by atoms with van der Waals surface area (Å²) in [5.74, 6) is -0.540. The van der Waals surface area contributed by atoms with E-state index in [1.165, 1.54) is 12.1 Å². The lowest BCUT2D eigenvalue weighted by molar-refractivity contribution is 0.0696. The molecule has 0 fully saturated rings. The minimum Gasteiger partial charge on any atom is -0.494 e. The molecule has 0 aliphatic rings. The van der Waals surface area contributed by atoms with E-state index in [0.29, 0.717) is 23.6 Å². The molecule has 0 amide bonds. The van der Waals surface area contributed by atoms with Gasteiger partial charge in [0.25, 0.3) is 10.0 Å². The lowest BCUT2D eigenvalue weighted by Crippen LogP contribution is -2.15. The number of nitrogens with one attached hydrogen (secondary N) is 1. The Hall–Kier alpha value is -2.54. The molecule has 0 radical (unpaired) electrons. The highest BCUT2D eigenvalue weighted by molar-refractivity contribution is 7.92. The topological polar surface area (TPSA) is 92.7 Å². The van der Waals surface area contributed by atoms with Crippen LogP contribution >= 0.6 is 0 Å². The molecule has 0 aliphatic heterocycles. The molecule has 0 saturated heterocycles. The van der Waals surface area contributed by atoms with Gasteiger partial charge in [0, 0.05) is 5.69 Å². The summed E-state index contributed by atoms with van der Waals surface area (Å²) < 4.78 is 32.7.